The lowest BCUT2D eigenvalue weighted by atomic mass is 9.96. The molecule has 11 rings (SSSR count). The quantitative estimate of drug-likeness (QED) is 0.171. The van der Waals surface area contributed by atoms with Crippen molar-refractivity contribution in [3.8, 4) is 33.4 Å². The third kappa shape index (κ3) is 5.26. The maximum atomic E-state index is 6.88. The van der Waals surface area contributed by atoms with Crippen LogP contribution in [0.2, 0.25) is 0 Å². The first-order valence-corrected chi connectivity index (χ1v) is 19.2. The van der Waals surface area contributed by atoms with Crippen LogP contribution in [0.15, 0.2) is 217 Å². The van der Waals surface area contributed by atoms with E-state index in [1.807, 2.05) is 0 Å². The zero-order valence-electron chi connectivity index (χ0n) is 30.6. The van der Waals surface area contributed by atoms with Crippen molar-refractivity contribution in [2.75, 3.05) is 4.90 Å². The summed E-state index contributed by atoms with van der Waals surface area (Å²) < 4.78 is 6.88. The van der Waals surface area contributed by atoms with E-state index in [4.69, 9.17) is 4.42 Å². The van der Waals surface area contributed by atoms with Crippen molar-refractivity contribution in [1.82, 2.24) is 0 Å². The average molecular weight is 714 g/mol. The van der Waals surface area contributed by atoms with Crippen LogP contribution >= 0.6 is 0 Å². The Labute approximate surface area is 325 Å². The molecular formula is C54H35NO. The third-order valence-electron chi connectivity index (χ3n) is 11.3. The molecule has 0 spiro atoms. The molecule has 2 heteroatoms. The summed E-state index contributed by atoms with van der Waals surface area (Å²) in [6.45, 7) is 0. The van der Waals surface area contributed by atoms with Gasteiger partial charge in [0.1, 0.15) is 11.2 Å². The Hall–Kier alpha value is -7.42. The Morgan fingerprint density at radius 3 is 1.32 bits per heavy atom. The zero-order chi connectivity index (χ0) is 37.0. The Morgan fingerprint density at radius 1 is 0.268 bits per heavy atom. The number of para-hydroxylation sites is 2. The second kappa shape index (κ2) is 13.2. The number of anilines is 3. The van der Waals surface area contributed by atoms with Crippen molar-refractivity contribution >= 4 is 71.3 Å². The number of hydrogen-bond donors (Lipinski definition) is 0. The molecule has 0 N–H and O–H groups in total. The molecule has 0 aliphatic rings. The van der Waals surface area contributed by atoms with Crippen molar-refractivity contribution in [3.05, 3.63) is 212 Å². The highest BCUT2D eigenvalue weighted by Crippen LogP contribution is 2.46. The fraction of sp³-hybridized carbons (Fsp3) is 0. The minimum absolute atomic E-state index is 0.892. The molecule has 10 aromatic carbocycles. The fourth-order valence-electron chi connectivity index (χ4n) is 8.60. The summed E-state index contributed by atoms with van der Waals surface area (Å²) in [6.07, 6.45) is 0. The largest absolute Gasteiger partial charge is 0.455 e. The molecule has 0 bridgehead atoms. The van der Waals surface area contributed by atoms with Gasteiger partial charge in [0, 0.05) is 38.7 Å². The predicted octanol–water partition coefficient (Wildman–Crippen LogP) is 15.5. The molecule has 262 valence electrons. The molecule has 0 saturated heterocycles. The monoisotopic (exact) mass is 713 g/mol. The summed E-state index contributed by atoms with van der Waals surface area (Å²) >= 11 is 0. The lowest BCUT2D eigenvalue weighted by Gasteiger charge is -2.28. The third-order valence-corrected chi connectivity index (χ3v) is 11.3. The molecule has 0 fully saturated rings. The second-order valence-electron chi connectivity index (χ2n) is 14.4. The maximum absolute atomic E-state index is 6.88. The maximum Gasteiger partial charge on any atom is 0.143 e. The summed E-state index contributed by atoms with van der Waals surface area (Å²) in [5.41, 5.74) is 12.0. The van der Waals surface area contributed by atoms with Crippen molar-refractivity contribution in [2.24, 2.45) is 0 Å². The molecule has 1 aromatic heterocycles. The molecule has 1 heterocycles. The number of furan rings is 1. The van der Waals surface area contributed by atoms with Gasteiger partial charge in [0.25, 0.3) is 0 Å². The normalized spacial score (nSPS) is 11.6. The number of nitrogens with zero attached hydrogens (tertiary/aromatic N) is 1. The summed E-state index contributed by atoms with van der Waals surface area (Å²) in [6, 6.07) is 76.4. The van der Waals surface area contributed by atoms with Gasteiger partial charge in [-0.25, -0.2) is 0 Å². The van der Waals surface area contributed by atoms with Crippen LogP contribution in [0.1, 0.15) is 0 Å². The minimum atomic E-state index is 0.892. The molecule has 0 aliphatic carbocycles. The first-order chi connectivity index (χ1) is 27.8. The minimum Gasteiger partial charge on any atom is -0.455 e. The van der Waals surface area contributed by atoms with Crippen LogP contribution in [0, 0.1) is 0 Å². The first kappa shape index (κ1) is 32.0. The number of rotatable bonds is 6. The second-order valence-corrected chi connectivity index (χ2v) is 14.4. The van der Waals surface area contributed by atoms with Crippen molar-refractivity contribution in [3.63, 3.8) is 0 Å². The van der Waals surface area contributed by atoms with Gasteiger partial charge in [-0.2, -0.15) is 0 Å². The molecule has 0 amide bonds. The van der Waals surface area contributed by atoms with Crippen molar-refractivity contribution in [2.45, 2.75) is 0 Å². The Balaban J connectivity index is 1.09. The van der Waals surface area contributed by atoms with E-state index in [2.05, 4.69) is 217 Å². The van der Waals surface area contributed by atoms with E-state index in [1.165, 1.54) is 49.2 Å². The van der Waals surface area contributed by atoms with Gasteiger partial charge in [-0.1, -0.05) is 176 Å². The molecule has 0 aliphatic heterocycles. The SMILES string of the molecule is c1ccc(N(c2ccc(-c3cccc4ccccc34)cc2)c2ccc(-c3cccc4ccccc34)cc2)c(-c2cccc3c2oc2c4ccccc4ccc32)c1. The van der Waals surface area contributed by atoms with Crippen LogP contribution < -0.4 is 4.90 Å². The van der Waals surface area contributed by atoms with Crippen LogP contribution in [0.4, 0.5) is 17.1 Å². The standard InChI is InChI=1S/C54H35NO/c1-4-17-43-36(12-1)15-9-21-45(43)39-26-31-41(32-27-39)55(42-33-28-40(29-34-42)46-22-10-16-37-13-2-5-18-44(37)46)52-25-8-7-20-48(52)49-23-11-24-50-51-35-30-38-14-3-6-19-47(38)53(51)56-54(49)50/h1-35H. The summed E-state index contributed by atoms with van der Waals surface area (Å²) in [5, 5.41) is 9.52. The molecule has 11 aromatic rings. The lowest BCUT2D eigenvalue weighted by molar-refractivity contribution is 0.674. The first-order valence-electron chi connectivity index (χ1n) is 19.2. The van der Waals surface area contributed by atoms with Gasteiger partial charge in [-0.3, -0.25) is 0 Å². The molecule has 2 nitrogen and oxygen atoms in total. The molecule has 0 radical (unpaired) electrons. The average Bonchev–Trinajstić information content (AvgIpc) is 3.67. The van der Waals surface area contributed by atoms with Crippen LogP contribution in [0.5, 0.6) is 0 Å². The van der Waals surface area contributed by atoms with Crippen molar-refractivity contribution in [1.29, 1.82) is 0 Å². The molecular weight excluding hydrogens is 679 g/mol. The Kier molecular flexibility index (Phi) is 7.53. The smallest absolute Gasteiger partial charge is 0.143 e. The van der Waals surface area contributed by atoms with E-state index in [0.29, 0.717) is 0 Å². The summed E-state index contributed by atoms with van der Waals surface area (Å²) in [4.78, 5) is 2.38. The van der Waals surface area contributed by atoms with Crippen LogP contribution in [-0.4, -0.2) is 0 Å². The van der Waals surface area contributed by atoms with Crippen molar-refractivity contribution < 1.29 is 4.42 Å². The van der Waals surface area contributed by atoms with Crippen LogP contribution in [0.25, 0.3) is 87.6 Å². The van der Waals surface area contributed by atoms with Gasteiger partial charge in [0.2, 0.25) is 0 Å². The topological polar surface area (TPSA) is 16.4 Å². The van der Waals surface area contributed by atoms with Gasteiger partial charge in [-0.15, -0.1) is 0 Å². The molecule has 0 saturated carbocycles. The zero-order valence-corrected chi connectivity index (χ0v) is 30.6. The Bertz CT molecular complexity index is 3110. The van der Waals surface area contributed by atoms with Gasteiger partial charge >= 0.3 is 0 Å². The Morgan fingerprint density at radius 2 is 0.696 bits per heavy atom. The highest BCUT2D eigenvalue weighted by atomic mass is 16.3. The molecule has 0 atom stereocenters. The van der Waals surface area contributed by atoms with Crippen LogP contribution in [-0.2, 0) is 0 Å². The lowest BCUT2D eigenvalue weighted by Crippen LogP contribution is -2.11. The van der Waals surface area contributed by atoms with Gasteiger partial charge < -0.3 is 9.32 Å². The molecule has 0 unspecified atom stereocenters. The molecule has 56 heavy (non-hydrogen) atoms. The van der Waals surface area contributed by atoms with Crippen LogP contribution in [0.3, 0.4) is 0 Å². The van der Waals surface area contributed by atoms with E-state index in [9.17, 15) is 0 Å². The van der Waals surface area contributed by atoms with E-state index < -0.39 is 0 Å². The van der Waals surface area contributed by atoms with Gasteiger partial charge in [-0.05, 0) is 85.6 Å². The summed E-state index contributed by atoms with van der Waals surface area (Å²) in [5.74, 6) is 0. The number of benzene rings is 10. The number of hydrogen-bond acceptors (Lipinski definition) is 2. The van der Waals surface area contributed by atoms with E-state index in [-0.39, 0.29) is 0 Å². The van der Waals surface area contributed by atoms with E-state index in [0.717, 1.165) is 55.5 Å². The van der Waals surface area contributed by atoms with E-state index in [1.54, 1.807) is 0 Å². The van der Waals surface area contributed by atoms with Gasteiger partial charge in [0.05, 0.1) is 5.69 Å². The summed E-state index contributed by atoms with van der Waals surface area (Å²) in [7, 11) is 0. The highest BCUT2D eigenvalue weighted by molar-refractivity contribution is 6.17. The van der Waals surface area contributed by atoms with E-state index >= 15 is 0 Å². The number of fused-ring (bicyclic) bond motifs is 7. The predicted molar refractivity (Wildman–Crippen MR) is 237 cm³/mol. The fourth-order valence-corrected chi connectivity index (χ4v) is 8.60. The highest BCUT2D eigenvalue weighted by Gasteiger charge is 2.21. The van der Waals surface area contributed by atoms with Gasteiger partial charge in [0.15, 0.2) is 0 Å².